The van der Waals surface area contributed by atoms with Crippen LogP contribution in [0, 0.1) is 6.92 Å². The van der Waals surface area contributed by atoms with E-state index in [9.17, 15) is 0 Å². The molecule has 1 heterocycles. The molecule has 0 radical (unpaired) electrons. The Balaban J connectivity index is 2.96. The van der Waals surface area contributed by atoms with E-state index in [0.29, 0.717) is 0 Å². The standard InChI is InChI=1S/C9H13N3/c1-4-6-7-9-10-8(3)11-12(9)5-2/h4,6-7H,1,5H2,2-3H3/b7-6-. The number of aromatic nitrogens is 3. The maximum Gasteiger partial charge on any atom is 0.151 e. The van der Waals surface area contributed by atoms with Crippen LogP contribution >= 0.6 is 0 Å². The van der Waals surface area contributed by atoms with E-state index in [1.165, 1.54) is 0 Å². The Kier molecular flexibility index (Phi) is 2.80. The van der Waals surface area contributed by atoms with Crippen molar-refractivity contribution in [2.24, 2.45) is 0 Å². The Morgan fingerprint density at radius 3 is 2.92 bits per heavy atom. The molecule has 64 valence electrons. The first-order valence-electron chi connectivity index (χ1n) is 3.98. The molecular weight excluding hydrogens is 150 g/mol. The van der Waals surface area contributed by atoms with E-state index in [4.69, 9.17) is 0 Å². The third kappa shape index (κ3) is 1.81. The first kappa shape index (κ1) is 8.71. The van der Waals surface area contributed by atoms with Crippen LogP contribution in [0.15, 0.2) is 18.7 Å². The molecule has 1 rings (SSSR count). The van der Waals surface area contributed by atoms with Crippen molar-refractivity contribution in [3.8, 4) is 0 Å². The molecule has 1 aromatic heterocycles. The van der Waals surface area contributed by atoms with E-state index in [0.717, 1.165) is 18.2 Å². The Morgan fingerprint density at radius 2 is 2.33 bits per heavy atom. The molecule has 0 spiro atoms. The van der Waals surface area contributed by atoms with Gasteiger partial charge in [-0.25, -0.2) is 9.67 Å². The van der Waals surface area contributed by atoms with Gasteiger partial charge in [0.25, 0.3) is 0 Å². The van der Waals surface area contributed by atoms with Gasteiger partial charge in [0, 0.05) is 6.54 Å². The van der Waals surface area contributed by atoms with Crippen LogP contribution in [0.25, 0.3) is 6.08 Å². The van der Waals surface area contributed by atoms with Crippen molar-refractivity contribution in [1.29, 1.82) is 0 Å². The van der Waals surface area contributed by atoms with Crippen molar-refractivity contribution < 1.29 is 0 Å². The van der Waals surface area contributed by atoms with Gasteiger partial charge in [-0.05, 0) is 19.9 Å². The summed E-state index contributed by atoms with van der Waals surface area (Å²) >= 11 is 0. The largest absolute Gasteiger partial charge is 0.246 e. The lowest BCUT2D eigenvalue weighted by Crippen LogP contribution is -1.98. The van der Waals surface area contributed by atoms with E-state index in [1.54, 1.807) is 6.08 Å². The highest BCUT2D eigenvalue weighted by Crippen LogP contribution is 2.00. The lowest BCUT2D eigenvalue weighted by Gasteiger charge is -1.94. The fourth-order valence-electron chi connectivity index (χ4n) is 0.982. The van der Waals surface area contributed by atoms with Gasteiger partial charge < -0.3 is 0 Å². The summed E-state index contributed by atoms with van der Waals surface area (Å²) in [5.74, 6) is 1.69. The predicted molar refractivity (Wildman–Crippen MR) is 49.7 cm³/mol. The highest BCUT2D eigenvalue weighted by molar-refractivity contribution is 5.42. The Labute approximate surface area is 72.4 Å². The van der Waals surface area contributed by atoms with Gasteiger partial charge in [0.1, 0.15) is 5.82 Å². The van der Waals surface area contributed by atoms with Crippen LogP contribution in [0.4, 0.5) is 0 Å². The predicted octanol–water partition coefficient (Wildman–Crippen LogP) is 1.81. The van der Waals surface area contributed by atoms with Gasteiger partial charge in [0.15, 0.2) is 5.82 Å². The van der Waals surface area contributed by atoms with Crippen molar-refractivity contribution in [3.63, 3.8) is 0 Å². The van der Waals surface area contributed by atoms with Gasteiger partial charge in [-0.3, -0.25) is 0 Å². The van der Waals surface area contributed by atoms with E-state index < -0.39 is 0 Å². The first-order valence-corrected chi connectivity index (χ1v) is 3.98. The molecule has 3 nitrogen and oxygen atoms in total. The van der Waals surface area contributed by atoms with Gasteiger partial charge in [0.2, 0.25) is 0 Å². The molecule has 1 aromatic rings. The molecule has 0 amide bonds. The zero-order valence-corrected chi connectivity index (χ0v) is 7.49. The highest BCUT2D eigenvalue weighted by atomic mass is 15.3. The van der Waals surface area contributed by atoms with Crippen LogP contribution in [-0.2, 0) is 6.54 Å². The summed E-state index contributed by atoms with van der Waals surface area (Å²) in [6.45, 7) is 8.37. The summed E-state index contributed by atoms with van der Waals surface area (Å²) in [5, 5.41) is 4.20. The van der Waals surface area contributed by atoms with E-state index >= 15 is 0 Å². The molecule has 0 saturated heterocycles. The fraction of sp³-hybridized carbons (Fsp3) is 0.333. The van der Waals surface area contributed by atoms with Crippen molar-refractivity contribution in [1.82, 2.24) is 14.8 Å². The number of nitrogens with zero attached hydrogens (tertiary/aromatic N) is 3. The number of allylic oxidation sites excluding steroid dienone is 2. The van der Waals surface area contributed by atoms with Gasteiger partial charge in [-0.2, -0.15) is 5.10 Å². The van der Waals surface area contributed by atoms with Crippen LogP contribution in [0.5, 0.6) is 0 Å². The minimum Gasteiger partial charge on any atom is -0.246 e. The number of aryl methyl sites for hydroxylation is 2. The third-order valence-corrected chi connectivity index (χ3v) is 1.49. The quantitative estimate of drug-likeness (QED) is 0.636. The summed E-state index contributed by atoms with van der Waals surface area (Å²) < 4.78 is 1.86. The summed E-state index contributed by atoms with van der Waals surface area (Å²) in [5.41, 5.74) is 0. The molecule has 0 aromatic carbocycles. The molecule has 0 bridgehead atoms. The zero-order valence-electron chi connectivity index (χ0n) is 7.49. The molecule has 0 N–H and O–H groups in total. The third-order valence-electron chi connectivity index (χ3n) is 1.49. The second-order valence-corrected chi connectivity index (χ2v) is 2.43. The van der Waals surface area contributed by atoms with Crippen LogP contribution in [0.3, 0.4) is 0 Å². The summed E-state index contributed by atoms with van der Waals surface area (Å²) in [4.78, 5) is 4.24. The summed E-state index contributed by atoms with van der Waals surface area (Å²) in [6.07, 6.45) is 5.48. The van der Waals surface area contributed by atoms with Crippen LogP contribution in [-0.4, -0.2) is 14.8 Å². The van der Waals surface area contributed by atoms with Gasteiger partial charge in [0.05, 0.1) is 0 Å². The lowest BCUT2D eigenvalue weighted by molar-refractivity contribution is 0.646. The Bertz CT molecular complexity index is 297. The zero-order chi connectivity index (χ0) is 8.97. The second-order valence-electron chi connectivity index (χ2n) is 2.43. The maximum atomic E-state index is 4.24. The second kappa shape index (κ2) is 3.85. The topological polar surface area (TPSA) is 30.7 Å². The SMILES string of the molecule is C=C/C=C\c1nc(C)nn1CC. The molecule has 0 aliphatic heterocycles. The van der Waals surface area contributed by atoms with Crippen LogP contribution in [0.1, 0.15) is 18.6 Å². The molecule has 0 unspecified atom stereocenters. The number of hydrogen-bond donors (Lipinski definition) is 0. The molecule has 0 aliphatic carbocycles. The minimum absolute atomic E-state index is 0.806. The van der Waals surface area contributed by atoms with E-state index in [2.05, 4.69) is 16.7 Å². The monoisotopic (exact) mass is 163 g/mol. The fourth-order valence-corrected chi connectivity index (χ4v) is 0.982. The van der Waals surface area contributed by atoms with Gasteiger partial charge >= 0.3 is 0 Å². The van der Waals surface area contributed by atoms with Crippen LogP contribution < -0.4 is 0 Å². The number of hydrogen-bond acceptors (Lipinski definition) is 2. The molecular formula is C9H13N3. The molecule has 3 heteroatoms. The van der Waals surface area contributed by atoms with Gasteiger partial charge in [-0.1, -0.05) is 18.7 Å². The molecule has 0 aliphatic rings. The smallest absolute Gasteiger partial charge is 0.151 e. The molecule has 0 fully saturated rings. The van der Waals surface area contributed by atoms with Crippen molar-refractivity contribution >= 4 is 6.08 Å². The Morgan fingerprint density at radius 1 is 1.58 bits per heavy atom. The molecule has 0 atom stereocenters. The van der Waals surface area contributed by atoms with E-state index in [1.807, 2.05) is 30.7 Å². The summed E-state index contributed by atoms with van der Waals surface area (Å²) in [6, 6.07) is 0. The summed E-state index contributed by atoms with van der Waals surface area (Å²) in [7, 11) is 0. The van der Waals surface area contributed by atoms with Crippen molar-refractivity contribution in [2.75, 3.05) is 0 Å². The average molecular weight is 163 g/mol. The van der Waals surface area contributed by atoms with Crippen molar-refractivity contribution in [2.45, 2.75) is 20.4 Å². The normalized spacial score (nSPS) is 10.8. The maximum absolute atomic E-state index is 4.24. The molecule has 0 saturated carbocycles. The average Bonchev–Trinajstić information content (AvgIpc) is 2.42. The van der Waals surface area contributed by atoms with Crippen molar-refractivity contribution in [3.05, 3.63) is 30.4 Å². The van der Waals surface area contributed by atoms with E-state index in [-0.39, 0.29) is 0 Å². The Hall–Kier alpha value is -1.38. The lowest BCUT2D eigenvalue weighted by atomic mass is 10.4. The highest BCUT2D eigenvalue weighted by Gasteiger charge is 1.99. The number of rotatable bonds is 3. The minimum atomic E-state index is 0.806. The first-order chi connectivity index (χ1) is 5.77. The molecule has 12 heavy (non-hydrogen) atoms. The van der Waals surface area contributed by atoms with Gasteiger partial charge in [-0.15, -0.1) is 0 Å². The van der Waals surface area contributed by atoms with Crippen LogP contribution in [0.2, 0.25) is 0 Å².